The van der Waals surface area contributed by atoms with Gasteiger partial charge in [-0.1, -0.05) is 0 Å². The molecule has 8 heteroatoms. The van der Waals surface area contributed by atoms with E-state index in [2.05, 4.69) is 26.2 Å². The molecule has 0 aliphatic heterocycles. The summed E-state index contributed by atoms with van der Waals surface area (Å²) in [5.74, 6) is -1.27. The number of hydrogen-bond acceptors (Lipinski definition) is 5. The number of halogens is 1. The smallest absolute Gasteiger partial charge is 0.355 e. The van der Waals surface area contributed by atoms with Gasteiger partial charge < -0.3 is 10.4 Å². The molecule has 19 heavy (non-hydrogen) atoms. The molecule has 0 fully saturated rings. The van der Waals surface area contributed by atoms with Crippen molar-refractivity contribution in [1.82, 2.24) is 10.3 Å². The number of rotatable bonds is 4. The summed E-state index contributed by atoms with van der Waals surface area (Å²) in [4.78, 5) is 27.3. The summed E-state index contributed by atoms with van der Waals surface area (Å²) in [5, 5.41) is 15.4. The van der Waals surface area contributed by atoms with Crippen LogP contribution >= 0.6 is 38.6 Å². The number of thiophene rings is 1. The van der Waals surface area contributed by atoms with Crippen LogP contribution in [0.25, 0.3) is 0 Å². The lowest BCUT2D eigenvalue weighted by Gasteiger charge is -2.10. The molecule has 5 nitrogen and oxygen atoms in total. The van der Waals surface area contributed by atoms with E-state index < -0.39 is 5.97 Å². The van der Waals surface area contributed by atoms with Crippen molar-refractivity contribution in [2.45, 2.75) is 13.0 Å². The fourth-order valence-corrected chi connectivity index (χ4v) is 3.62. The molecule has 1 amide bonds. The highest BCUT2D eigenvalue weighted by molar-refractivity contribution is 9.10. The second-order valence-corrected chi connectivity index (χ2v) is 6.33. The van der Waals surface area contributed by atoms with Gasteiger partial charge in [0.05, 0.1) is 6.04 Å². The number of carbonyl (C=O) groups excluding carboxylic acids is 1. The minimum atomic E-state index is -1.07. The highest BCUT2D eigenvalue weighted by atomic mass is 79.9. The van der Waals surface area contributed by atoms with E-state index in [1.165, 1.54) is 28.1 Å². The topological polar surface area (TPSA) is 79.3 Å². The zero-order valence-corrected chi connectivity index (χ0v) is 12.9. The van der Waals surface area contributed by atoms with E-state index in [4.69, 9.17) is 5.11 Å². The van der Waals surface area contributed by atoms with Gasteiger partial charge in [0.2, 0.25) is 0 Å². The third kappa shape index (κ3) is 3.20. The largest absolute Gasteiger partial charge is 0.476 e. The maximum Gasteiger partial charge on any atom is 0.355 e. The Morgan fingerprint density at radius 3 is 2.74 bits per heavy atom. The van der Waals surface area contributed by atoms with Crippen LogP contribution in [0.1, 0.15) is 38.1 Å². The van der Waals surface area contributed by atoms with Crippen molar-refractivity contribution in [3.63, 3.8) is 0 Å². The van der Waals surface area contributed by atoms with E-state index in [-0.39, 0.29) is 17.6 Å². The molecule has 2 aromatic rings. The van der Waals surface area contributed by atoms with Crippen LogP contribution in [0.3, 0.4) is 0 Å². The number of hydrogen-bond donors (Lipinski definition) is 2. The highest BCUT2D eigenvalue weighted by Gasteiger charge is 2.18. The molecule has 2 N–H and O–H groups in total. The summed E-state index contributed by atoms with van der Waals surface area (Å²) in [6.07, 6.45) is 0. The second-order valence-electron chi connectivity index (χ2n) is 3.67. The van der Waals surface area contributed by atoms with E-state index in [0.717, 1.165) is 4.47 Å². The van der Waals surface area contributed by atoms with Crippen molar-refractivity contribution < 1.29 is 14.7 Å². The van der Waals surface area contributed by atoms with Gasteiger partial charge in [0.15, 0.2) is 5.69 Å². The Kier molecular flexibility index (Phi) is 4.33. The fraction of sp³-hybridized carbons (Fsp3) is 0.182. The van der Waals surface area contributed by atoms with Crippen molar-refractivity contribution in [2.24, 2.45) is 0 Å². The van der Waals surface area contributed by atoms with Crippen LogP contribution in [-0.2, 0) is 0 Å². The maximum atomic E-state index is 12.0. The fourth-order valence-electron chi connectivity index (χ4n) is 1.36. The number of aromatic carboxylic acids is 1. The number of nitrogens with zero attached hydrogens (tertiary/aromatic N) is 1. The van der Waals surface area contributed by atoms with Crippen LogP contribution in [0.15, 0.2) is 21.3 Å². The molecule has 0 spiro atoms. The van der Waals surface area contributed by atoms with E-state index in [1.807, 2.05) is 5.38 Å². The second kappa shape index (κ2) is 5.81. The number of thiazole rings is 1. The predicted molar refractivity (Wildman–Crippen MR) is 77.0 cm³/mol. The summed E-state index contributed by atoms with van der Waals surface area (Å²) in [6.45, 7) is 1.77. The summed E-state index contributed by atoms with van der Waals surface area (Å²) >= 11 is 5.84. The van der Waals surface area contributed by atoms with Crippen LogP contribution < -0.4 is 5.32 Å². The van der Waals surface area contributed by atoms with Crippen molar-refractivity contribution in [1.29, 1.82) is 0 Å². The lowest BCUT2D eigenvalue weighted by Crippen LogP contribution is -2.26. The number of aromatic nitrogens is 1. The molecule has 0 saturated carbocycles. The first kappa shape index (κ1) is 14.2. The van der Waals surface area contributed by atoms with Crippen LogP contribution in [-0.4, -0.2) is 22.0 Å². The number of carboxylic acids is 1. The van der Waals surface area contributed by atoms with E-state index >= 15 is 0 Å². The van der Waals surface area contributed by atoms with Crippen molar-refractivity contribution in [3.8, 4) is 0 Å². The number of nitrogens with one attached hydrogen (secondary N) is 1. The van der Waals surface area contributed by atoms with Gasteiger partial charge in [-0.25, -0.2) is 9.78 Å². The van der Waals surface area contributed by atoms with Gasteiger partial charge in [-0.05, 0) is 34.3 Å². The molecule has 2 rings (SSSR count). The Morgan fingerprint density at radius 1 is 1.47 bits per heavy atom. The first-order valence-corrected chi connectivity index (χ1v) is 7.77. The first-order valence-electron chi connectivity index (χ1n) is 5.21. The maximum absolute atomic E-state index is 12.0. The number of carboxylic acid groups (broad SMARTS) is 1. The SMILES string of the molecule is CC(NC(=O)c1sccc1Br)c1nc(C(=O)O)cs1. The van der Waals surface area contributed by atoms with Crippen molar-refractivity contribution >= 4 is 50.5 Å². The molecular formula is C11H9BrN2O3S2. The van der Waals surface area contributed by atoms with E-state index in [0.29, 0.717) is 9.88 Å². The Balaban J connectivity index is 2.08. The molecule has 2 heterocycles. The van der Waals surface area contributed by atoms with E-state index in [9.17, 15) is 9.59 Å². The standard InChI is InChI=1S/C11H9BrN2O3S2/c1-5(10-14-7(4-19-10)11(16)17)13-9(15)8-6(12)2-3-18-8/h2-5H,1H3,(H,13,15)(H,16,17). The summed E-state index contributed by atoms with van der Waals surface area (Å²) in [5.41, 5.74) is -0.00148. The molecule has 0 aromatic carbocycles. The molecule has 0 aliphatic rings. The van der Waals surface area contributed by atoms with Crippen molar-refractivity contribution in [2.75, 3.05) is 0 Å². The Morgan fingerprint density at radius 2 is 2.21 bits per heavy atom. The molecule has 0 bridgehead atoms. The third-order valence-corrected chi connectivity index (χ3v) is 5.15. The summed E-state index contributed by atoms with van der Waals surface area (Å²) in [7, 11) is 0. The lowest BCUT2D eigenvalue weighted by molar-refractivity contribution is 0.0691. The minimum Gasteiger partial charge on any atom is -0.476 e. The first-order chi connectivity index (χ1) is 8.99. The third-order valence-electron chi connectivity index (χ3n) is 2.28. The quantitative estimate of drug-likeness (QED) is 0.877. The molecule has 1 unspecified atom stereocenters. The molecule has 0 radical (unpaired) electrons. The van der Waals surface area contributed by atoms with E-state index in [1.54, 1.807) is 13.0 Å². The average Bonchev–Trinajstić information content (AvgIpc) is 2.96. The van der Waals surface area contributed by atoms with Gasteiger partial charge in [0.25, 0.3) is 5.91 Å². The summed E-state index contributed by atoms with van der Waals surface area (Å²) in [6, 6.07) is 1.47. The molecular weight excluding hydrogens is 352 g/mol. The zero-order valence-electron chi connectivity index (χ0n) is 9.71. The Hall–Kier alpha value is -1.25. The minimum absolute atomic E-state index is 0.00148. The molecule has 100 valence electrons. The van der Waals surface area contributed by atoms with Gasteiger partial charge in [-0.15, -0.1) is 22.7 Å². The van der Waals surface area contributed by atoms with Crippen LogP contribution in [0, 0.1) is 0 Å². The van der Waals surface area contributed by atoms with Gasteiger partial charge in [-0.2, -0.15) is 0 Å². The Bertz CT molecular complexity index is 623. The zero-order chi connectivity index (χ0) is 14.0. The van der Waals surface area contributed by atoms with Crippen molar-refractivity contribution in [3.05, 3.63) is 36.9 Å². The number of amides is 1. The predicted octanol–water partition coefficient (Wildman–Crippen LogP) is 3.16. The molecule has 0 aliphatic carbocycles. The van der Waals surface area contributed by atoms with Crippen LogP contribution in [0.5, 0.6) is 0 Å². The highest BCUT2D eigenvalue weighted by Crippen LogP contribution is 2.24. The Labute approximate surface area is 125 Å². The van der Waals surface area contributed by atoms with Gasteiger partial charge >= 0.3 is 5.97 Å². The molecule has 0 saturated heterocycles. The monoisotopic (exact) mass is 360 g/mol. The van der Waals surface area contributed by atoms with Gasteiger partial charge in [-0.3, -0.25) is 4.79 Å². The summed E-state index contributed by atoms with van der Waals surface area (Å²) < 4.78 is 0.743. The molecule has 2 aromatic heterocycles. The molecule has 1 atom stereocenters. The average molecular weight is 361 g/mol. The van der Waals surface area contributed by atoms with Gasteiger partial charge in [0, 0.05) is 9.85 Å². The normalized spacial score (nSPS) is 12.1. The van der Waals surface area contributed by atoms with Crippen LogP contribution in [0.2, 0.25) is 0 Å². The van der Waals surface area contributed by atoms with Gasteiger partial charge in [0.1, 0.15) is 9.88 Å². The number of carbonyl (C=O) groups is 2. The lowest BCUT2D eigenvalue weighted by atomic mass is 10.3. The van der Waals surface area contributed by atoms with Crippen LogP contribution in [0.4, 0.5) is 0 Å².